The summed E-state index contributed by atoms with van der Waals surface area (Å²) in [6, 6.07) is 12.3. The second-order valence-corrected chi connectivity index (χ2v) is 6.45. The van der Waals surface area contributed by atoms with Crippen LogP contribution >= 0.6 is 0 Å². The molecule has 2 rings (SSSR count). The molecule has 4 nitrogen and oxygen atoms in total. The minimum Gasteiger partial charge on any atom is -0.323 e. The van der Waals surface area contributed by atoms with Gasteiger partial charge < -0.3 is 5.73 Å². The molecule has 2 aromatic rings. The van der Waals surface area contributed by atoms with Crippen molar-refractivity contribution in [2.24, 2.45) is 5.73 Å². The molecule has 0 bridgehead atoms. The lowest BCUT2D eigenvalue weighted by molar-refractivity contribution is 0.590. The molecule has 0 spiro atoms. The molecule has 0 aliphatic carbocycles. The number of hydrogen-bond acceptors (Lipinski definition) is 4. The zero-order valence-corrected chi connectivity index (χ0v) is 11.8. The van der Waals surface area contributed by atoms with Crippen molar-refractivity contribution in [3.8, 4) is 6.07 Å². The summed E-state index contributed by atoms with van der Waals surface area (Å²) in [4.78, 5) is -0.0903. The van der Waals surface area contributed by atoms with Gasteiger partial charge in [-0.25, -0.2) is 12.8 Å². The minimum absolute atomic E-state index is 0.0268. The first-order valence-electron chi connectivity index (χ1n) is 6.18. The first kappa shape index (κ1) is 15.2. The highest BCUT2D eigenvalue weighted by Crippen LogP contribution is 2.24. The number of nitriles is 1. The van der Waals surface area contributed by atoms with Crippen LogP contribution in [0.5, 0.6) is 0 Å². The van der Waals surface area contributed by atoms with Crippen molar-refractivity contribution in [3.63, 3.8) is 0 Å². The summed E-state index contributed by atoms with van der Waals surface area (Å²) in [5, 5.41) is 8.65. The molecule has 0 aliphatic rings. The van der Waals surface area contributed by atoms with Gasteiger partial charge in [-0.3, -0.25) is 0 Å². The number of hydrogen-bond donors (Lipinski definition) is 1. The van der Waals surface area contributed by atoms with Crippen LogP contribution < -0.4 is 5.73 Å². The van der Waals surface area contributed by atoms with Crippen molar-refractivity contribution in [3.05, 3.63) is 59.9 Å². The van der Waals surface area contributed by atoms with E-state index in [1.54, 1.807) is 12.1 Å². The SMILES string of the molecule is N#CC[C@H](N)c1cccc(S(=O)(=O)c2cccc(F)c2)c1. The largest absolute Gasteiger partial charge is 0.323 e. The molecule has 2 aromatic carbocycles. The quantitative estimate of drug-likeness (QED) is 0.941. The van der Waals surface area contributed by atoms with E-state index >= 15 is 0 Å². The van der Waals surface area contributed by atoms with Gasteiger partial charge >= 0.3 is 0 Å². The molecule has 0 saturated carbocycles. The third kappa shape index (κ3) is 3.27. The van der Waals surface area contributed by atoms with E-state index in [1.807, 2.05) is 6.07 Å². The van der Waals surface area contributed by atoms with Gasteiger partial charge in [0.05, 0.1) is 22.3 Å². The highest BCUT2D eigenvalue weighted by Gasteiger charge is 2.19. The standard InChI is InChI=1S/C15H13FN2O2S/c16-12-4-2-6-14(10-12)21(19,20)13-5-1-3-11(9-13)15(18)7-8-17/h1-6,9-10,15H,7,18H2/t15-/m0/s1. The van der Waals surface area contributed by atoms with Crippen LogP contribution in [0.4, 0.5) is 4.39 Å². The lowest BCUT2D eigenvalue weighted by Gasteiger charge is -2.10. The Morgan fingerprint density at radius 1 is 1.14 bits per heavy atom. The van der Waals surface area contributed by atoms with Crippen molar-refractivity contribution < 1.29 is 12.8 Å². The molecule has 6 heteroatoms. The summed E-state index contributed by atoms with van der Waals surface area (Å²) in [7, 11) is -3.81. The Morgan fingerprint density at radius 2 is 1.76 bits per heavy atom. The first-order chi connectivity index (χ1) is 9.95. The van der Waals surface area contributed by atoms with E-state index in [9.17, 15) is 12.8 Å². The van der Waals surface area contributed by atoms with Crippen LogP contribution in [0.15, 0.2) is 58.3 Å². The van der Waals surface area contributed by atoms with Crippen molar-refractivity contribution in [2.45, 2.75) is 22.3 Å². The zero-order chi connectivity index (χ0) is 15.5. The van der Waals surface area contributed by atoms with Crippen molar-refractivity contribution in [1.29, 1.82) is 5.26 Å². The maximum Gasteiger partial charge on any atom is 0.206 e. The molecule has 0 fully saturated rings. The zero-order valence-electron chi connectivity index (χ0n) is 11.0. The van der Waals surface area contributed by atoms with E-state index in [-0.39, 0.29) is 16.2 Å². The molecule has 0 aromatic heterocycles. The number of halogens is 1. The second-order valence-electron chi connectivity index (χ2n) is 4.50. The number of benzene rings is 2. The number of nitrogens with two attached hydrogens (primary N) is 1. The van der Waals surface area contributed by atoms with Crippen LogP contribution in [0.1, 0.15) is 18.0 Å². The summed E-state index contributed by atoms with van der Waals surface area (Å²) in [6.07, 6.45) is 0.0868. The Hall–Kier alpha value is -2.23. The molecule has 0 amide bonds. The maximum absolute atomic E-state index is 13.2. The van der Waals surface area contributed by atoms with Gasteiger partial charge in [0.1, 0.15) is 5.82 Å². The second kappa shape index (κ2) is 6.04. The summed E-state index contributed by atoms with van der Waals surface area (Å²) in [6.45, 7) is 0. The smallest absolute Gasteiger partial charge is 0.206 e. The fraction of sp³-hybridized carbons (Fsp3) is 0.133. The van der Waals surface area contributed by atoms with Gasteiger partial charge in [-0.05, 0) is 35.9 Å². The van der Waals surface area contributed by atoms with Crippen LogP contribution in [0.2, 0.25) is 0 Å². The Balaban J connectivity index is 2.46. The van der Waals surface area contributed by atoms with Gasteiger partial charge in [0, 0.05) is 6.04 Å². The molecule has 21 heavy (non-hydrogen) atoms. The van der Waals surface area contributed by atoms with Crippen LogP contribution in [0.25, 0.3) is 0 Å². The number of sulfone groups is 1. The van der Waals surface area contributed by atoms with Gasteiger partial charge in [0.2, 0.25) is 9.84 Å². The van der Waals surface area contributed by atoms with Crippen molar-refractivity contribution in [2.75, 3.05) is 0 Å². The van der Waals surface area contributed by atoms with Crippen LogP contribution in [-0.4, -0.2) is 8.42 Å². The van der Waals surface area contributed by atoms with Gasteiger partial charge in [-0.2, -0.15) is 5.26 Å². The molecule has 1 atom stereocenters. The molecule has 0 unspecified atom stereocenters. The topological polar surface area (TPSA) is 83.9 Å². The molecule has 0 radical (unpaired) electrons. The van der Waals surface area contributed by atoms with E-state index in [2.05, 4.69) is 0 Å². The first-order valence-corrected chi connectivity index (χ1v) is 7.66. The summed E-state index contributed by atoms with van der Waals surface area (Å²) >= 11 is 0. The molecule has 0 saturated heterocycles. The lowest BCUT2D eigenvalue weighted by atomic mass is 10.1. The Bertz CT molecular complexity index is 797. The van der Waals surface area contributed by atoms with Gasteiger partial charge in [0.25, 0.3) is 0 Å². The number of nitrogens with zero attached hydrogens (tertiary/aromatic N) is 1. The lowest BCUT2D eigenvalue weighted by Crippen LogP contribution is -2.10. The predicted molar refractivity (Wildman–Crippen MR) is 75.5 cm³/mol. The molecular weight excluding hydrogens is 291 g/mol. The normalized spacial score (nSPS) is 12.6. The van der Waals surface area contributed by atoms with Crippen LogP contribution in [-0.2, 0) is 9.84 Å². The van der Waals surface area contributed by atoms with E-state index in [0.29, 0.717) is 5.56 Å². The molecule has 0 heterocycles. The van der Waals surface area contributed by atoms with Gasteiger partial charge in [-0.15, -0.1) is 0 Å². The summed E-state index contributed by atoms with van der Waals surface area (Å²) in [5.41, 5.74) is 6.35. The monoisotopic (exact) mass is 304 g/mol. The Labute approximate surface area is 122 Å². The molecule has 0 aliphatic heterocycles. The fourth-order valence-corrected chi connectivity index (χ4v) is 3.25. The maximum atomic E-state index is 13.2. The van der Waals surface area contributed by atoms with E-state index in [4.69, 9.17) is 11.0 Å². The highest BCUT2D eigenvalue weighted by molar-refractivity contribution is 7.91. The average molecular weight is 304 g/mol. The third-order valence-electron chi connectivity index (χ3n) is 3.01. The van der Waals surface area contributed by atoms with E-state index in [1.165, 1.54) is 30.3 Å². The van der Waals surface area contributed by atoms with Crippen LogP contribution in [0, 0.1) is 17.1 Å². The van der Waals surface area contributed by atoms with Crippen molar-refractivity contribution >= 4 is 9.84 Å². The third-order valence-corrected chi connectivity index (χ3v) is 4.76. The Kier molecular flexibility index (Phi) is 4.36. The minimum atomic E-state index is -3.81. The van der Waals surface area contributed by atoms with Crippen molar-refractivity contribution in [1.82, 2.24) is 0 Å². The molecule has 2 N–H and O–H groups in total. The fourth-order valence-electron chi connectivity index (χ4n) is 1.90. The van der Waals surface area contributed by atoms with Gasteiger partial charge in [0.15, 0.2) is 0 Å². The molecular formula is C15H13FN2O2S. The van der Waals surface area contributed by atoms with Gasteiger partial charge in [-0.1, -0.05) is 18.2 Å². The average Bonchev–Trinajstić information content (AvgIpc) is 2.47. The molecule has 108 valence electrons. The predicted octanol–water partition coefficient (Wildman–Crippen LogP) is 2.57. The Morgan fingerprint density at radius 3 is 2.38 bits per heavy atom. The van der Waals surface area contributed by atoms with Crippen LogP contribution in [0.3, 0.4) is 0 Å². The van der Waals surface area contributed by atoms with E-state index in [0.717, 1.165) is 6.07 Å². The van der Waals surface area contributed by atoms with E-state index < -0.39 is 21.7 Å². The highest BCUT2D eigenvalue weighted by atomic mass is 32.2. The summed E-state index contributed by atoms with van der Waals surface area (Å²) in [5.74, 6) is -0.617. The number of rotatable bonds is 4. The summed E-state index contributed by atoms with van der Waals surface area (Å²) < 4.78 is 38.1.